The number of hydrogen-bond donors (Lipinski definition) is 2. The monoisotopic (exact) mass is 288 g/mol. The maximum absolute atomic E-state index is 12.1. The zero-order chi connectivity index (χ0) is 14.1. The van der Waals surface area contributed by atoms with Crippen molar-refractivity contribution < 1.29 is 4.79 Å². The average Bonchev–Trinajstić information content (AvgIpc) is 2.99. The number of nitrogens with one attached hydrogen (secondary N) is 2. The van der Waals surface area contributed by atoms with E-state index in [4.69, 9.17) is 11.6 Å². The van der Waals surface area contributed by atoms with E-state index in [1.807, 2.05) is 30.3 Å². The molecule has 102 valence electrons. The average molecular weight is 289 g/mol. The van der Waals surface area contributed by atoms with Crippen LogP contribution >= 0.6 is 11.6 Å². The molecule has 0 aliphatic rings. The van der Waals surface area contributed by atoms with E-state index < -0.39 is 0 Å². The smallest absolute Gasteiger partial charge is 0.271 e. The Morgan fingerprint density at radius 2 is 2.25 bits per heavy atom. The number of carbonyl (C=O) groups excluding carboxylic acids is 1. The molecular formula is C14H13ClN4O. The molecule has 6 heteroatoms. The van der Waals surface area contributed by atoms with Gasteiger partial charge in [0.25, 0.3) is 5.91 Å². The van der Waals surface area contributed by atoms with Crippen molar-refractivity contribution in [3.05, 3.63) is 52.9 Å². The van der Waals surface area contributed by atoms with Crippen LogP contribution in [0.1, 0.15) is 16.2 Å². The van der Waals surface area contributed by atoms with Crippen LogP contribution in [0.3, 0.4) is 0 Å². The summed E-state index contributed by atoms with van der Waals surface area (Å²) in [4.78, 5) is 15.3. The van der Waals surface area contributed by atoms with E-state index in [2.05, 4.69) is 15.4 Å². The zero-order valence-electron chi connectivity index (χ0n) is 10.9. The van der Waals surface area contributed by atoms with Gasteiger partial charge in [-0.15, -0.1) is 0 Å². The topological polar surface area (TPSA) is 62.7 Å². The third kappa shape index (κ3) is 2.28. The zero-order valence-corrected chi connectivity index (χ0v) is 11.6. The molecule has 1 amide bonds. The Hall–Kier alpha value is -2.27. The first-order chi connectivity index (χ1) is 9.65. The number of H-pyrrole nitrogens is 1. The Kier molecular flexibility index (Phi) is 3.20. The number of aromatic amines is 1. The summed E-state index contributed by atoms with van der Waals surface area (Å²) in [6.07, 6.45) is 1.46. The third-order valence-electron chi connectivity index (χ3n) is 3.13. The number of hydrogen-bond acceptors (Lipinski definition) is 2. The van der Waals surface area contributed by atoms with Crippen LogP contribution in [0.25, 0.3) is 10.9 Å². The Bertz CT molecular complexity index is 722. The van der Waals surface area contributed by atoms with Gasteiger partial charge in [-0.3, -0.25) is 9.48 Å². The van der Waals surface area contributed by atoms with Crippen LogP contribution in [0.15, 0.2) is 36.5 Å². The van der Waals surface area contributed by atoms with Gasteiger partial charge >= 0.3 is 0 Å². The molecule has 2 aromatic heterocycles. The molecule has 3 rings (SSSR count). The number of amides is 1. The summed E-state index contributed by atoms with van der Waals surface area (Å²) in [5.74, 6) is -0.242. The number of benzene rings is 1. The SMILES string of the molecule is Cn1ncc(Cl)c1C(=O)NCc1cc2ccccc2[nH]1. The first-order valence-electron chi connectivity index (χ1n) is 6.17. The van der Waals surface area contributed by atoms with Crippen molar-refractivity contribution >= 4 is 28.4 Å². The predicted octanol–water partition coefficient (Wildman–Crippen LogP) is 2.48. The van der Waals surface area contributed by atoms with Gasteiger partial charge in [0.15, 0.2) is 0 Å². The molecule has 0 radical (unpaired) electrons. The van der Waals surface area contributed by atoms with Crippen molar-refractivity contribution in [2.45, 2.75) is 6.54 Å². The Morgan fingerprint density at radius 3 is 2.95 bits per heavy atom. The van der Waals surface area contributed by atoms with Crippen molar-refractivity contribution in [3.63, 3.8) is 0 Å². The van der Waals surface area contributed by atoms with Crippen LogP contribution in [0.4, 0.5) is 0 Å². The minimum absolute atomic E-state index is 0.242. The second-order valence-corrected chi connectivity index (χ2v) is 4.94. The van der Waals surface area contributed by atoms with E-state index in [1.165, 1.54) is 10.9 Å². The van der Waals surface area contributed by atoms with Gasteiger partial charge in [-0.25, -0.2) is 0 Å². The highest BCUT2D eigenvalue weighted by Crippen LogP contribution is 2.16. The molecule has 0 spiro atoms. The van der Waals surface area contributed by atoms with Crippen LogP contribution in [-0.4, -0.2) is 20.7 Å². The normalized spacial score (nSPS) is 10.9. The molecule has 20 heavy (non-hydrogen) atoms. The second-order valence-electron chi connectivity index (χ2n) is 4.53. The molecule has 0 saturated heterocycles. The first-order valence-corrected chi connectivity index (χ1v) is 6.55. The molecule has 0 atom stereocenters. The van der Waals surface area contributed by atoms with Gasteiger partial charge in [0, 0.05) is 18.3 Å². The molecule has 1 aromatic carbocycles. The molecular weight excluding hydrogens is 276 g/mol. The van der Waals surface area contributed by atoms with Crippen molar-refractivity contribution in [1.82, 2.24) is 20.1 Å². The number of rotatable bonds is 3. The minimum atomic E-state index is -0.242. The van der Waals surface area contributed by atoms with Crippen molar-refractivity contribution in [3.8, 4) is 0 Å². The first kappa shape index (κ1) is 12.7. The maximum Gasteiger partial charge on any atom is 0.271 e. The summed E-state index contributed by atoms with van der Waals surface area (Å²) >= 11 is 5.93. The highest BCUT2D eigenvalue weighted by atomic mass is 35.5. The van der Waals surface area contributed by atoms with E-state index in [-0.39, 0.29) is 5.91 Å². The number of carbonyl (C=O) groups is 1. The van der Waals surface area contributed by atoms with Gasteiger partial charge in [-0.1, -0.05) is 29.8 Å². The fourth-order valence-electron chi connectivity index (χ4n) is 2.15. The van der Waals surface area contributed by atoms with Gasteiger partial charge in [-0.05, 0) is 17.5 Å². The largest absolute Gasteiger partial charge is 0.357 e. The lowest BCUT2D eigenvalue weighted by atomic mass is 10.2. The Balaban J connectivity index is 1.74. The molecule has 2 heterocycles. The molecule has 0 fully saturated rings. The predicted molar refractivity (Wildman–Crippen MR) is 77.7 cm³/mol. The molecule has 0 saturated carbocycles. The maximum atomic E-state index is 12.1. The number of aryl methyl sites for hydroxylation is 1. The van der Waals surface area contributed by atoms with Gasteiger partial charge in [-0.2, -0.15) is 5.10 Å². The van der Waals surface area contributed by atoms with E-state index in [0.29, 0.717) is 17.3 Å². The molecule has 5 nitrogen and oxygen atoms in total. The third-order valence-corrected chi connectivity index (χ3v) is 3.41. The molecule has 2 N–H and O–H groups in total. The van der Waals surface area contributed by atoms with Crippen molar-refractivity contribution in [2.24, 2.45) is 7.05 Å². The minimum Gasteiger partial charge on any atom is -0.357 e. The van der Waals surface area contributed by atoms with Crippen LogP contribution in [0, 0.1) is 0 Å². The van der Waals surface area contributed by atoms with Crippen LogP contribution in [0.2, 0.25) is 5.02 Å². The lowest BCUT2D eigenvalue weighted by molar-refractivity contribution is 0.0941. The fraction of sp³-hybridized carbons (Fsp3) is 0.143. The molecule has 3 aromatic rings. The van der Waals surface area contributed by atoms with Crippen molar-refractivity contribution in [2.75, 3.05) is 0 Å². The van der Waals surface area contributed by atoms with Gasteiger partial charge < -0.3 is 10.3 Å². The van der Waals surface area contributed by atoms with Crippen LogP contribution in [0.5, 0.6) is 0 Å². The lowest BCUT2D eigenvalue weighted by Gasteiger charge is -2.04. The van der Waals surface area contributed by atoms with E-state index >= 15 is 0 Å². The molecule has 0 aliphatic carbocycles. The van der Waals surface area contributed by atoms with E-state index in [0.717, 1.165) is 16.6 Å². The summed E-state index contributed by atoms with van der Waals surface area (Å²) < 4.78 is 1.46. The highest BCUT2D eigenvalue weighted by Gasteiger charge is 2.15. The fourth-order valence-corrected chi connectivity index (χ4v) is 2.41. The van der Waals surface area contributed by atoms with E-state index in [1.54, 1.807) is 7.05 Å². The summed E-state index contributed by atoms with van der Waals surface area (Å²) in [5, 5.41) is 8.24. The Labute approximate surface area is 120 Å². The summed E-state index contributed by atoms with van der Waals surface area (Å²) in [5.41, 5.74) is 2.36. The van der Waals surface area contributed by atoms with Crippen LogP contribution < -0.4 is 5.32 Å². The number of para-hydroxylation sites is 1. The van der Waals surface area contributed by atoms with Gasteiger partial charge in [0.05, 0.1) is 17.8 Å². The Morgan fingerprint density at radius 1 is 1.45 bits per heavy atom. The van der Waals surface area contributed by atoms with Gasteiger partial charge in [0.1, 0.15) is 5.69 Å². The number of halogens is 1. The summed E-state index contributed by atoms with van der Waals surface area (Å²) in [6, 6.07) is 9.98. The number of nitrogens with zero attached hydrogens (tertiary/aromatic N) is 2. The summed E-state index contributed by atoms with van der Waals surface area (Å²) in [7, 11) is 1.68. The molecule has 0 aliphatic heterocycles. The van der Waals surface area contributed by atoms with Gasteiger partial charge in [0.2, 0.25) is 0 Å². The number of aromatic nitrogens is 3. The van der Waals surface area contributed by atoms with Crippen molar-refractivity contribution in [1.29, 1.82) is 0 Å². The summed E-state index contributed by atoms with van der Waals surface area (Å²) in [6.45, 7) is 0.412. The molecule has 0 bridgehead atoms. The lowest BCUT2D eigenvalue weighted by Crippen LogP contribution is -2.25. The quantitative estimate of drug-likeness (QED) is 0.778. The second kappa shape index (κ2) is 5.02. The standard InChI is InChI=1S/C14H13ClN4O/c1-19-13(11(15)8-17-19)14(20)16-7-10-6-9-4-2-3-5-12(9)18-10/h2-6,8,18H,7H2,1H3,(H,16,20). The molecule has 0 unspecified atom stereocenters. The number of fused-ring (bicyclic) bond motifs is 1. The van der Waals surface area contributed by atoms with E-state index in [9.17, 15) is 4.79 Å². The highest BCUT2D eigenvalue weighted by molar-refractivity contribution is 6.33. The van der Waals surface area contributed by atoms with Crippen LogP contribution in [-0.2, 0) is 13.6 Å².